The molecule has 0 amide bonds. The molecule has 2 fully saturated rings. The molecule has 2 aliphatic heterocycles. The molecule has 0 aliphatic carbocycles. The number of carbonyl (C=O) groups excluding carboxylic acids is 1. The molecule has 3 heterocycles. The summed E-state index contributed by atoms with van der Waals surface area (Å²) in [6.07, 6.45) is 7.40. The first kappa shape index (κ1) is 29.8. The zero-order chi connectivity index (χ0) is 30.6. The van der Waals surface area contributed by atoms with Gasteiger partial charge in [-0.3, -0.25) is 9.69 Å². The molecule has 0 N–H and O–H groups in total. The van der Waals surface area contributed by atoms with Crippen LogP contribution < -0.4 is 4.74 Å². The Kier molecular flexibility index (Phi) is 8.99. The van der Waals surface area contributed by atoms with Gasteiger partial charge in [-0.2, -0.15) is 0 Å². The Morgan fingerprint density at radius 1 is 0.756 bits per heavy atom. The first-order valence-corrected chi connectivity index (χ1v) is 16.9. The van der Waals surface area contributed by atoms with Crippen molar-refractivity contribution in [3.8, 4) is 5.75 Å². The number of nitrogens with zero attached hydrogens (tertiary/aromatic N) is 3. The molecule has 5 aromatic rings. The first-order valence-electron chi connectivity index (χ1n) is 16.9. The number of ether oxygens (including phenoxy) is 1. The number of ketones is 1. The number of carbonyl (C=O) groups is 1. The van der Waals surface area contributed by atoms with Crippen molar-refractivity contribution in [2.45, 2.75) is 70.2 Å². The summed E-state index contributed by atoms with van der Waals surface area (Å²) in [6.45, 7) is 5.02. The zero-order valence-electron chi connectivity index (χ0n) is 26.5. The molecule has 1 aromatic heterocycles. The third-order valence-electron chi connectivity index (χ3n) is 10.0. The van der Waals surface area contributed by atoms with Crippen molar-refractivity contribution in [1.29, 1.82) is 0 Å². The third-order valence-corrected chi connectivity index (χ3v) is 10.0. The molecule has 0 saturated carbocycles. The lowest BCUT2D eigenvalue weighted by Gasteiger charge is -2.32. The van der Waals surface area contributed by atoms with Crippen LogP contribution in [0.5, 0.6) is 5.75 Å². The van der Waals surface area contributed by atoms with Gasteiger partial charge in [-0.1, -0.05) is 66.7 Å². The van der Waals surface area contributed by atoms with Crippen molar-refractivity contribution < 1.29 is 9.53 Å². The smallest absolute Gasteiger partial charge is 0.163 e. The van der Waals surface area contributed by atoms with Crippen molar-refractivity contribution in [1.82, 2.24) is 14.4 Å². The number of Topliss-reactive ketones (excluding diaryl/α,β-unsaturated/α-hetero) is 1. The summed E-state index contributed by atoms with van der Waals surface area (Å²) >= 11 is 0. The van der Waals surface area contributed by atoms with Gasteiger partial charge in [0.25, 0.3) is 0 Å². The second kappa shape index (κ2) is 13.6. The second-order valence-electron chi connectivity index (χ2n) is 13.2. The summed E-state index contributed by atoms with van der Waals surface area (Å²) in [6, 6.07) is 35.0. The van der Waals surface area contributed by atoms with Gasteiger partial charge < -0.3 is 14.2 Å². The maximum absolute atomic E-state index is 12.9. The van der Waals surface area contributed by atoms with Crippen molar-refractivity contribution in [2.24, 2.45) is 0 Å². The summed E-state index contributed by atoms with van der Waals surface area (Å²) in [7, 11) is 2.21. The summed E-state index contributed by atoms with van der Waals surface area (Å²) in [5.74, 6) is 1.06. The van der Waals surface area contributed by atoms with Crippen LogP contribution in [0, 0.1) is 0 Å². The largest absolute Gasteiger partial charge is 0.490 e. The molecule has 7 rings (SSSR count). The van der Waals surface area contributed by atoms with E-state index in [1.54, 1.807) is 0 Å². The highest BCUT2D eigenvalue weighted by Gasteiger charge is 2.23. The number of likely N-dealkylation sites (tertiary alicyclic amines) is 2. The van der Waals surface area contributed by atoms with E-state index in [4.69, 9.17) is 4.74 Å². The van der Waals surface area contributed by atoms with E-state index < -0.39 is 0 Å². The van der Waals surface area contributed by atoms with Crippen molar-refractivity contribution in [3.63, 3.8) is 0 Å². The Morgan fingerprint density at radius 3 is 2.38 bits per heavy atom. The van der Waals surface area contributed by atoms with Crippen LogP contribution in [0.4, 0.5) is 0 Å². The Balaban J connectivity index is 0.946. The van der Waals surface area contributed by atoms with Gasteiger partial charge in [-0.05, 0) is 93.6 Å². The minimum Gasteiger partial charge on any atom is -0.490 e. The van der Waals surface area contributed by atoms with E-state index in [1.807, 2.05) is 24.3 Å². The lowest BCUT2D eigenvalue weighted by molar-refractivity contribution is 0.0949. The maximum Gasteiger partial charge on any atom is 0.163 e. The van der Waals surface area contributed by atoms with Crippen LogP contribution >= 0.6 is 0 Å². The first-order chi connectivity index (χ1) is 22.1. The number of hydrogen-bond acceptors (Lipinski definition) is 4. The van der Waals surface area contributed by atoms with Crippen LogP contribution in [0.2, 0.25) is 0 Å². The highest BCUT2D eigenvalue weighted by molar-refractivity contribution is 6.08. The number of hydrogen-bond donors (Lipinski definition) is 0. The monoisotopic (exact) mass is 599 g/mol. The van der Waals surface area contributed by atoms with Gasteiger partial charge in [0.05, 0.1) is 0 Å². The Bertz CT molecular complexity index is 1750. The van der Waals surface area contributed by atoms with Gasteiger partial charge in [0.1, 0.15) is 11.9 Å². The highest BCUT2D eigenvalue weighted by atomic mass is 16.5. The van der Waals surface area contributed by atoms with E-state index in [0.717, 1.165) is 63.2 Å². The molecular weight excluding hydrogens is 554 g/mol. The van der Waals surface area contributed by atoms with Crippen molar-refractivity contribution in [2.75, 3.05) is 26.7 Å². The Labute approximate surface area is 267 Å². The van der Waals surface area contributed by atoms with Crippen molar-refractivity contribution in [3.05, 3.63) is 114 Å². The lowest BCUT2D eigenvalue weighted by atomic mass is 10.0. The van der Waals surface area contributed by atoms with E-state index in [0.29, 0.717) is 12.5 Å². The van der Waals surface area contributed by atoms with Crippen LogP contribution in [0.25, 0.3) is 21.8 Å². The Hall–Kier alpha value is -3.93. The van der Waals surface area contributed by atoms with Gasteiger partial charge in [-0.15, -0.1) is 0 Å². The molecule has 4 aromatic carbocycles. The van der Waals surface area contributed by atoms with Crippen LogP contribution in [0.3, 0.4) is 0 Å². The van der Waals surface area contributed by atoms with Crippen LogP contribution in [-0.4, -0.2) is 59.0 Å². The molecule has 2 aliphatic rings. The van der Waals surface area contributed by atoms with Gasteiger partial charge in [0.15, 0.2) is 5.78 Å². The summed E-state index contributed by atoms with van der Waals surface area (Å²) in [5, 5.41) is 2.65. The van der Waals surface area contributed by atoms with Crippen LogP contribution in [0.1, 0.15) is 66.4 Å². The van der Waals surface area contributed by atoms with Gasteiger partial charge in [0.2, 0.25) is 0 Å². The third kappa shape index (κ3) is 6.85. The molecule has 0 spiro atoms. The van der Waals surface area contributed by atoms with Crippen molar-refractivity contribution >= 4 is 27.6 Å². The summed E-state index contributed by atoms with van der Waals surface area (Å²) in [4.78, 5) is 17.9. The van der Waals surface area contributed by atoms with Crippen LogP contribution in [0.15, 0.2) is 97.1 Å². The van der Waals surface area contributed by atoms with E-state index >= 15 is 0 Å². The lowest BCUT2D eigenvalue weighted by Crippen LogP contribution is -2.37. The number of rotatable bonds is 11. The summed E-state index contributed by atoms with van der Waals surface area (Å²) in [5.41, 5.74) is 6.03. The number of aromatic nitrogens is 1. The molecule has 2 saturated heterocycles. The molecule has 0 bridgehead atoms. The second-order valence-corrected chi connectivity index (χ2v) is 13.2. The quantitative estimate of drug-likeness (QED) is 0.143. The standard InChI is InChI=1S/C40H45N3O2/c1-41-23-9-14-33(41)13-8-18-40(44)32-12-7-15-35(27-32)45-34-21-24-42(25-22-34)28-31-19-20-39-37(26-31)36-16-5-6-17-38(36)43(39)29-30-10-3-2-4-11-30/h2-7,10-12,15-17,19-20,26-27,33-34H,8-9,13-14,18,21-25,28-29H2,1H3. The Morgan fingerprint density at radius 2 is 1.56 bits per heavy atom. The number of piperidine rings is 1. The topological polar surface area (TPSA) is 37.7 Å². The fraction of sp³-hybridized carbons (Fsp3) is 0.375. The zero-order valence-corrected chi connectivity index (χ0v) is 26.5. The minimum absolute atomic E-state index is 0.183. The number of benzene rings is 4. The van der Waals surface area contributed by atoms with Gasteiger partial charge >= 0.3 is 0 Å². The van der Waals surface area contributed by atoms with Crippen LogP contribution in [-0.2, 0) is 13.1 Å². The SMILES string of the molecule is CN1CCCC1CCCC(=O)c1cccc(OC2CCN(Cc3ccc4c(c3)c3ccccc3n4Cc3ccccc3)CC2)c1. The highest BCUT2D eigenvalue weighted by Crippen LogP contribution is 2.31. The van der Waals surface area contributed by atoms with E-state index in [9.17, 15) is 4.79 Å². The number of para-hydroxylation sites is 1. The molecule has 232 valence electrons. The van der Waals surface area contributed by atoms with Gasteiger partial charge in [-0.25, -0.2) is 0 Å². The summed E-state index contributed by atoms with van der Waals surface area (Å²) < 4.78 is 8.86. The normalized spacial score (nSPS) is 18.2. The average Bonchev–Trinajstić information content (AvgIpc) is 3.62. The molecule has 1 unspecified atom stereocenters. The average molecular weight is 600 g/mol. The fourth-order valence-corrected chi connectivity index (χ4v) is 7.50. The molecule has 1 atom stereocenters. The predicted molar refractivity (Wildman–Crippen MR) is 184 cm³/mol. The number of fused-ring (bicyclic) bond motifs is 3. The molecule has 45 heavy (non-hydrogen) atoms. The van der Waals surface area contributed by atoms with E-state index in [-0.39, 0.29) is 11.9 Å². The maximum atomic E-state index is 12.9. The molecule has 0 radical (unpaired) electrons. The molecule has 5 heteroatoms. The fourth-order valence-electron chi connectivity index (χ4n) is 7.50. The molecular formula is C40H45N3O2. The van der Waals surface area contributed by atoms with E-state index in [1.165, 1.54) is 52.3 Å². The van der Waals surface area contributed by atoms with E-state index in [2.05, 4.69) is 94.2 Å². The molecule has 5 nitrogen and oxygen atoms in total. The predicted octanol–water partition coefficient (Wildman–Crippen LogP) is 8.33. The van der Waals surface area contributed by atoms with Gasteiger partial charge in [0, 0.05) is 66.0 Å². The minimum atomic E-state index is 0.183.